The zero-order chi connectivity index (χ0) is 10.9. The molecule has 1 aromatic rings. The van der Waals surface area contributed by atoms with Crippen molar-refractivity contribution in [1.29, 1.82) is 0 Å². The highest BCUT2D eigenvalue weighted by Gasteiger charge is 2.33. The van der Waals surface area contributed by atoms with Crippen LogP contribution in [0.2, 0.25) is 0 Å². The lowest BCUT2D eigenvalue weighted by molar-refractivity contribution is -0.138. The van der Waals surface area contributed by atoms with Gasteiger partial charge in [0.2, 0.25) is 0 Å². The van der Waals surface area contributed by atoms with Crippen molar-refractivity contribution in [2.45, 2.75) is 19.6 Å². The Kier molecular flexibility index (Phi) is 3.21. The van der Waals surface area contributed by atoms with Gasteiger partial charge in [-0.25, -0.2) is 0 Å². The number of rotatable bonds is 1. The molecule has 1 rings (SSSR count). The Morgan fingerprint density at radius 3 is 2.36 bits per heavy atom. The third kappa shape index (κ3) is 2.27. The molecule has 0 amide bonds. The van der Waals surface area contributed by atoms with E-state index in [1.165, 1.54) is 0 Å². The summed E-state index contributed by atoms with van der Waals surface area (Å²) in [6.07, 6.45) is -4.34. The van der Waals surface area contributed by atoms with Gasteiger partial charge in [-0.2, -0.15) is 13.2 Å². The molecule has 14 heavy (non-hydrogen) atoms. The van der Waals surface area contributed by atoms with Crippen molar-refractivity contribution in [2.24, 2.45) is 5.73 Å². The molecule has 0 heterocycles. The van der Waals surface area contributed by atoms with Gasteiger partial charge in [0.05, 0.1) is 5.56 Å². The van der Waals surface area contributed by atoms with Crippen LogP contribution in [0.5, 0.6) is 0 Å². The van der Waals surface area contributed by atoms with Gasteiger partial charge in [-0.15, -0.1) is 0 Å². The summed E-state index contributed by atoms with van der Waals surface area (Å²) in [6, 6.07) is 2.67. The molecule has 2 N–H and O–H groups in total. The molecule has 0 aliphatic rings. The number of benzene rings is 1. The largest absolute Gasteiger partial charge is 0.416 e. The average molecular weight is 268 g/mol. The maximum Gasteiger partial charge on any atom is 0.416 e. The Bertz CT molecular complexity index is 347. The maximum atomic E-state index is 12.5. The fourth-order valence-electron chi connectivity index (χ4n) is 1.30. The molecule has 0 saturated heterocycles. The lowest BCUT2D eigenvalue weighted by atomic mass is 10.0. The third-order valence-electron chi connectivity index (χ3n) is 1.95. The minimum atomic E-state index is -4.34. The number of hydrogen-bond donors (Lipinski definition) is 1. The first-order valence-electron chi connectivity index (χ1n) is 3.92. The van der Waals surface area contributed by atoms with Gasteiger partial charge >= 0.3 is 6.18 Å². The minimum absolute atomic E-state index is 0.103. The minimum Gasteiger partial charge on any atom is -0.326 e. The van der Waals surface area contributed by atoms with Gasteiger partial charge in [0, 0.05) is 11.0 Å². The van der Waals surface area contributed by atoms with Crippen LogP contribution in [0.4, 0.5) is 13.2 Å². The summed E-state index contributed by atoms with van der Waals surface area (Å²) in [7, 11) is 0. The molecule has 0 saturated carbocycles. The Hall–Kier alpha value is -0.550. The average Bonchev–Trinajstić information content (AvgIpc) is 2.01. The fourth-order valence-corrected chi connectivity index (χ4v) is 1.87. The highest BCUT2D eigenvalue weighted by molar-refractivity contribution is 9.10. The van der Waals surface area contributed by atoms with Gasteiger partial charge in [0.15, 0.2) is 0 Å². The van der Waals surface area contributed by atoms with Crippen molar-refractivity contribution < 1.29 is 13.2 Å². The first-order valence-corrected chi connectivity index (χ1v) is 4.72. The quantitative estimate of drug-likeness (QED) is 0.831. The normalized spacial score (nSPS) is 11.9. The summed E-state index contributed by atoms with van der Waals surface area (Å²) in [5.74, 6) is 0. The van der Waals surface area contributed by atoms with E-state index in [9.17, 15) is 13.2 Å². The van der Waals surface area contributed by atoms with Crippen LogP contribution < -0.4 is 5.73 Å². The fraction of sp³-hybridized carbons (Fsp3) is 0.333. The molecule has 0 unspecified atom stereocenters. The predicted octanol–water partition coefficient (Wildman–Crippen LogP) is 3.24. The zero-order valence-electron chi connectivity index (χ0n) is 7.45. The maximum absolute atomic E-state index is 12.5. The van der Waals surface area contributed by atoms with E-state index in [1.807, 2.05) is 0 Å². The van der Waals surface area contributed by atoms with Crippen LogP contribution in [-0.4, -0.2) is 0 Å². The Morgan fingerprint density at radius 1 is 1.36 bits per heavy atom. The summed E-state index contributed by atoms with van der Waals surface area (Å²) in [5, 5.41) is 0. The molecule has 1 nitrogen and oxygen atoms in total. The topological polar surface area (TPSA) is 26.0 Å². The molecule has 0 fully saturated rings. The van der Waals surface area contributed by atoms with E-state index < -0.39 is 11.7 Å². The van der Waals surface area contributed by atoms with Gasteiger partial charge < -0.3 is 5.73 Å². The van der Waals surface area contributed by atoms with Crippen LogP contribution in [0.25, 0.3) is 0 Å². The van der Waals surface area contributed by atoms with Crippen LogP contribution in [0.15, 0.2) is 16.6 Å². The van der Waals surface area contributed by atoms with Crippen LogP contribution in [-0.2, 0) is 12.7 Å². The first-order chi connectivity index (χ1) is 6.36. The number of hydrogen-bond acceptors (Lipinski definition) is 1. The molecule has 0 aliphatic carbocycles. The molecule has 1 aromatic carbocycles. The lowest BCUT2D eigenvalue weighted by Crippen LogP contribution is -2.13. The second-order valence-electron chi connectivity index (χ2n) is 2.95. The van der Waals surface area contributed by atoms with Gasteiger partial charge in [-0.05, 0) is 30.2 Å². The smallest absolute Gasteiger partial charge is 0.326 e. The summed E-state index contributed by atoms with van der Waals surface area (Å²) in [5.41, 5.74) is 5.33. The van der Waals surface area contributed by atoms with Gasteiger partial charge in [-0.1, -0.05) is 15.9 Å². The predicted molar refractivity (Wildman–Crippen MR) is 51.8 cm³/mol. The third-order valence-corrected chi connectivity index (χ3v) is 2.41. The molecule has 0 aromatic heterocycles. The van der Waals surface area contributed by atoms with Crippen LogP contribution in [0.1, 0.15) is 16.7 Å². The van der Waals surface area contributed by atoms with Crippen molar-refractivity contribution in [3.05, 3.63) is 33.3 Å². The molecule has 78 valence electrons. The van der Waals surface area contributed by atoms with Crippen molar-refractivity contribution in [1.82, 2.24) is 0 Å². The number of halogens is 4. The van der Waals surface area contributed by atoms with E-state index >= 15 is 0 Å². The summed E-state index contributed by atoms with van der Waals surface area (Å²) < 4.78 is 38.0. The number of alkyl halides is 3. The Balaban J connectivity index is 3.40. The molecular weight excluding hydrogens is 259 g/mol. The molecule has 0 radical (unpaired) electrons. The van der Waals surface area contributed by atoms with E-state index in [-0.39, 0.29) is 12.1 Å². The SMILES string of the molecule is Cc1cc(Br)cc(C(F)(F)F)c1CN. The molecule has 0 bridgehead atoms. The second-order valence-corrected chi connectivity index (χ2v) is 3.87. The summed E-state index contributed by atoms with van der Waals surface area (Å²) in [6.45, 7) is 1.51. The lowest BCUT2D eigenvalue weighted by Gasteiger charge is -2.14. The van der Waals surface area contributed by atoms with E-state index in [1.54, 1.807) is 13.0 Å². The van der Waals surface area contributed by atoms with E-state index in [4.69, 9.17) is 5.73 Å². The molecular formula is C9H9BrF3N. The number of aryl methyl sites for hydroxylation is 1. The first kappa shape index (κ1) is 11.5. The van der Waals surface area contributed by atoms with Crippen molar-refractivity contribution >= 4 is 15.9 Å². The van der Waals surface area contributed by atoms with Crippen molar-refractivity contribution in [3.63, 3.8) is 0 Å². The van der Waals surface area contributed by atoms with E-state index in [0.29, 0.717) is 10.0 Å². The van der Waals surface area contributed by atoms with Crippen LogP contribution >= 0.6 is 15.9 Å². The molecule has 5 heteroatoms. The standard InChI is InChI=1S/C9H9BrF3N/c1-5-2-6(10)3-8(7(5)4-14)9(11,12)13/h2-3H,4,14H2,1H3. The Morgan fingerprint density at radius 2 is 1.93 bits per heavy atom. The van der Waals surface area contributed by atoms with Gasteiger partial charge in [0.25, 0.3) is 0 Å². The molecule has 0 atom stereocenters. The van der Waals surface area contributed by atoms with Gasteiger partial charge in [0.1, 0.15) is 0 Å². The highest BCUT2D eigenvalue weighted by Crippen LogP contribution is 2.35. The van der Waals surface area contributed by atoms with E-state index in [0.717, 1.165) is 6.07 Å². The van der Waals surface area contributed by atoms with Crippen molar-refractivity contribution in [3.8, 4) is 0 Å². The molecule has 0 spiro atoms. The highest BCUT2D eigenvalue weighted by atomic mass is 79.9. The van der Waals surface area contributed by atoms with Crippen LogP contribution in [0.3, 0.4) is 0 Å². The van der Waals surface area contributed by atoms with Crippen molar-refractivity contribution in [2.75, 3.05) is 0 Å². The second kappa shape index (κ2) is 3.90. The monoisotopic (exact) mass is 267 g/mol. The number of nitrogens with two attached hydrogens (primary N) is 1. The summed E-state index contributed by atoms with van der Waals surface area (Å²) >= 11 is 3.03. The van der Waals surface area contributed by atoms with E-state index in [2.05, 4.69) is 15.9 Å². The summed E-state index contributed by atoms with van der Waals surface area (Å²) in [4.78, 5) is 0. The molecule has 0 aliphatic heterocycles. The Labute approximate surface area is 88.2 Å². The zero-order valence-corrected chi connectivity index (χ0v) is 9.04. The van der Waals surface area contributed by atoms with Crippen LogP contribution in [0, 0.1) is 6.92 Å². The van der Waals surface area contributed by atoms with Gasteiger partial charge in [-0.3, -0.25) is 0 Å².